The van der Waals surface area contributed by atoms with Gasteiger partial charge in [-0.05, 0) is 53.2 Å². The number of benzene rings is 4. The fourth-order valence-corrected chi connectivity index (χ4v) is 4.71. The third-order valence-electron chi connectivity index (χ3n) is 6.06. The van der Waals surface area contributed by atoms with Crippen molar-refractivity contribution in [2.24, 2.45) is 0 Å². The summed E-state index contributed by atoms with van der Waals surface area (Å²) >= 11 is 3.39. The zero-order valence-electron chi connectivity index (χ0n) is 20.1. The number of H-pyrrole nitrogens is 1. The molecule has 0 fully saturated rings. The molecule has 2 amide bonds. The lowest BCUT2D eigenvalue weighted by Crippen LogP contribution is -2.16. The molecule has 0 saturated heterocycles. The number of hydrogen-bond acceptors (Lipinski definition) is 5. The zero-order valence-corrected chi connectivity index (χ0v) is 21.7. The number of aromatic nitrogens is 3. The summed E-state index contributed by atoms with van der Waals surface area (Å²) in [7, 11) is 0. The SMILES string of the molecule is CC(=O)Nc1ccc(Br)cc1C(=O)Nc1cccc(-c2n[nH]cc2-c2nc3cc4ccccc4cc3o2)c1. The van der Waals surface area contributed by atoms with Crippen molar-refractivity contribution in [3.05, 3.63) is 95.1 Å². The van der Waals surface area contributed by atoms with E-state index in [1.807, 2.05) is 54.6 Å². The topological polar surface area (TPSA) is 113 Å². The van der Waals surface area contributed by atoms with Crippen molar-refractivity contribution in [3.8, 4) is 22.7 Å². The number of aromatic amines is 1. The molecule has 4 aromatic carbocycles. The van der Waals surface area contributed by atoms with Crippen LogP contribution in [0.2, 0.25) is 0 Å². The van der Waals surface area contributed by atoms with Gasteiger partial charge in [0.2, 0.25) is 11.8 Å². The number of halogens is 1. The van der Waals surface area contributed by atoms with Gasteiger partial charge in [-0.1, -0.05) is 52.3 Å². The van der Waals surface area contributed by atoms with Crippen molar-refractivity contribution in [1.29, 1.82) is 0 Å². The molecule has 9 heteroatoms. The van der Waals surface area contributed by atoms with Crippen LogP contribution in [-0.4, -0.2) is 27.0 Å². The van der Waals surface area contributed by atoms with E-state index in [1.54, 1.807) is 30.5 Å². The van der Waals surface area contributed by atoms with Crippen molar-refractivity contribution in [1.82, 2.24) is 15.2 Å². The van der Waals surface area contributed by atoms with Crippen LogP contribution >= 0.6 is 15.9 Å². The Morgan fingerprint density at radius 3 is 2.55 bits per heavy atom. The second kappa shape index (κ2) is 9.60. The third-order valence-corrected chi connectivity index (χ3v) is 6.55. The van der Waals surface area contributed by atoms with E-state index in [9.17, 15) is 9.59 Å². The van der Waals surface area contributed by atoms with Gasteiger partial charge in [-0.15, -0.1) is 0 Å². The molecule has 0 bridgehead atoms. The number of nitrogens with one attached hydrogen (secondary N) is 3. The number of amides is 2. The number of hydrogen-bond donors (Lipinski definition) is 3. The highest BCUT2D eigenvalue weighted by Gasteiger charge is 2.18. The minimum atomic E-state index is -0.361. The van der Waals surface area contributed by atoms with Crippen LogP contribution in [0.3, 0.4) is 0 Å². The molecule has 0 unspecified atom stereocenters. The van der Waals surface area contributed by atoms with Crippen LogP contribution in [0.5, 0.6) is 0 Å². The Balaban J connectivity index is 1.32. The molecule has 0 aliphatic carbocycles. The van der Waals surface area contributed by atoms with E-state index in [4.69, 9.17) is 9.40 Å². The highest BCUT2D eigenvalue weighted by Crippen LogP contribution is 2.34. The van der Waals surface area contributed by atoms with Gasteiger partial charge in [0.1, 0.15) is 11.2 Å². The normalized spacial score (nSPS) is 11.1. The number of nitrogens with zero attached hydrogens (tertiary/aromatic N) is 2. The minimum Gasteiger partial charge on any atom is -0.436 e. The second-order valence-electron chi connectivity index (χ2n) is 8.74. The maximum Gasteiger partial charge on any atom is 0.257 e. The summed E-state index contributed by atoms with van der Waals surface area (Å²) in [6.07, 6.45) is 1.74. The first kappa shape index (κ1) is 23.6. The van der Waals surface area contributed by atoms with Crippen LogP contribution in [0, 0.1) is 0 Å². The number of carbonyl (C=O) groups excluding carboxylic acids is 2. The van der Waals surface area contributed by atoms with Crippen LogP contribution in [0.1, 0.15) is 17.3 Å². The predicted molar refractivity (Wildman–Crippen MR) is 151 cm³/mol. The lowest BCUT2D eigenvalue weighted by atomic mass is 10.1. The molecular weight excluding hydrogens is 546 g/mol. The van der Waals surface area contributed by atoms with Gasteiger partial charge in [0.25, 0.3) is 5.91 Å². The minimum absolute atomic E-state index is 0.262. The van der Waals surface area contributed by atoms with Gasteiger partial charge in [-0.2, -0.15) is 5.10 Å². The van der Waals surface area contributed by atoms with Crippen LogP contribution < -0.4 is 10.6 Å². The summed E-state index contributed by atoms with van der Waals surface area (Å²) < 4.78 is 6.83. The Hall–Kier alpha value is -4.76. The molecular formula is C29H20BrN5O3. The summed E-state index contributed by atoms with van der Waals surface area (Å²) in [5.74, 6) is -0.176. The zero-order chi connectivity index (χ0) is 26.2. The number of rotatable bonds is 5. The summed E-state index contributed by atoms with van der Waals surface area (Å²) in [5, 5.41) is 15.1. The molecule has 8 nitrogen and oxygen atoms in total. The smallest absolute Gasteiger partial charge is 0.257 e. The third kappa shape index (κ3) is 4.55. The standard InChI is InChI=1S/C29H20BrN5O3/c1-16(36)32-24-10-9-20(30)14-22(24)28(37)33-21-8-4-7-19(11-21)27-23(15-31-35-27)29-34-25-12-17-5-2-3-6-18(17)13-26(25)38-29/h2-15H,1H3,(H,31,35)(H,32,36)(H,33,37). The monoisotopic (exact) mass is 565 g/mol. The van der Waals surface area contributed by atoms with Crippen LogP contribution in [-0.2, 0) is 4.79 Å². The Morgan fingerprint density at radius 1 is 0.921 bits per heavy atom. The average Bonchev–Trinajstić information content (AvgIpc) is 3.55. The van der Waals surface area contributed by atoms with Crippen LogP contribution in [0.25, 0.3) is 44.6 Å². The van der Waals surface area contributed by atoms with E-state index < -0.39 is 0 Å². The van der Waals surface area contributed by atoms with E-state index >= 15 is 0 Å². The number of anilines is 2. The Morgan fingerprint density at radius 2 is 1.74 bits per heavy atom. The molecule has 3 N–H and O–H groups in total. The first-order valence-corrected chi connectivity index (χ1v) is 12.6. The molecule has 0 atom stereocenters. The highest BCUT2D eigenvalue weighted by molar-refractivity contribution is 9.10. The van der Waals surface area contributed by atoms with Crippen LogP contribution in [0.4, 0.5) is 11.4 Å². The van der Waals surface area contributed by atoms with Gasteiger partial charge in [0.05, 0.1) is 16.8 Å². The maximum absolute atomic E-state index is 13.1. The second-order valence-corrected chi connectivity index (χ2v) is 9.66. The van der Waals surface area contributed by atoms with Gasteiger partial charge in [0.15, 0.2) is 5.58 Å². The van der Waals surface area contributed by atoms with Crippen molar-refractivity contribution >= 4 is 61.0 Å². The molecule has 6 rings (SSSR count). The summed E-state index contributed by atoms with van der Waals surface area (Å²) in [6.45, 7) is 1.40. The number of fused-ring (bicyclic) bond motifs is 2. The van der Waals surface area contributed by atoms with E-state index in [2.05, 4.69) is 36.8 Å². The van der Waals surface area contributed by atoms with E-state index in [0.29, 0.717) is 39.7 Å². The summed E-state index contributed by atoms with van der Waals surface area (Å²) in [5.41, 5.74) is 4.88. The first-order chi connectivity index (χ1) is 18.4. The number of carbonyl (C=O) groups is 2. The Labute approximate surface area is 225 Å². The predicted octanol–water partition coefficient (Wildman–Crippen LogP) is 7.01. The van der Waals surface area contributed by atoms with Gasteiger partial charge in [-0.3, -0.25) is 14.7 Å². The Bertz CT molecular complexity index is 1800. The molecule has 38 heavy (non-hydrogen) atoms. The lowest BCUT2D eigenvalue weighted by molar-refractivity contribution is -0.114. The Kier molecular flexibility index (Phi) is 5.97. The van der Waals surface area contributed by atoms with Gasteiger partial charge < -0.3 is 15.1 Å². The maximum atomic E-state index is 13.1. The molecule has 0 spiro atoms. The molecule has 2 aromatic heterocycles. The molecule has 6 aromatic rings. The van der Waals surface area contributed by atoms with Gasteiger partial charge in [-0.25, -0.2) is 4.98 Å². The van der Waals surface area contributed by atoms with E-state index in [0.717, 1.165) is 26.3 Å². The quantitative estimate of drug-likeness (QED) is 0.208. The first-order valence-electron chi connectivity index (χ1n) is 11.8. The fourth-order valence-electron chi connectivity index (χ4n) is 4.35. The molecule has 0 radical (unpaired) electrons. The molecule has 0 aliphatic heterocycles. The highest BCUT2D eigenvalue weighted by atomic mass is 79.9. The van der Waals surface area contributed by atoms with Gasteiger partial charge >= 0.3 is 0 Å². The van der Waals surface area contributed by atoms with Crippen molar-refractivity contribution in [3.63, 3.8) is 0 Å². The molecule has 2 heterocycles. The van der Waals surface area contributed by atoms with Crippen molar-refractivity contribution in [2.75, 3.05) is 10.6 Å². The largest absolute Gasteiger partial charge is 0.436 e. The lowest BCUT2D eigenvalue weighted by Gasteiger charge is -2.12. The van der Waals surface area contributed by atoms with Crippen molar-refractivity contribution < 1.29 is 14.0 Å². The van der Waals surface area contributed by atoms with E-state index in [-0.39, 0.29) is 11.8 Å². The number of oxazole rings is 1. The molecule has 0 aliphatic rings. The van der Waals surface area contributed by atoms with Crippen LogP contribution in [0.15, 0.2) is 93.9 Å². The summed E-state index contributed by atoms with van der Waals surface area (Å²) in [6, 6.07) is 24.5. The van der Waals surface area contributed by atoms with Crippen molar-refractivity contribution in [2.45, 2.75) is 6.92 Å². The van der Waals surface area contributed by atoms with Gasteiger partial charge in [0, 0.05) is 28.8 Å². The fraction of sp³-hybridized carbons (Fsp3) is 0.0345. The summed E-state index contributed by atoms with van der Waals surface area (Å²) in [4.78, 5) is 29.4. The molecule has 0 saturated carbocycles. The molecule has 186 valence electrons. The van der Waals surface area contributed by atoms with E-state index in [1.165, 1.54) is 6.92 Å². The average molecular weight is 566 g/mol.